The first-order valence-corrected chi connectivity index (χ1v) is 7.07. The van der Waals surface area contributed by atoms with Crippen molar-refractivity contribution in [1.29, 1.82) is 5.26 Å². The summed E-state index contributed by atoms with van der Waals surface area (Å²) in [4.78, 5) is 20.0. The Labute approximate surface area is 124 Å². The van der Waals surface area contributed by atoms with Crippen molar-refractivity contribution < 1.29 is 9.53 Å². The Kier molecular flexibility index (Phi) is 5.12. The molecule has 0 saturated carbocycles. The minimum atomic E-state index is -0.173. The summed E-state index contributed by atoms with van der Waals surface area (Å²) >= 11 is 0. The lowest BCUT2D eigenvalue weighted by molar-refractivity contribution is -0.141. The van der Waals surface area contributed by atoms with Crippen LogP contribution in [0.5, 0.6) is 0 Å². The van der Waals surface area contributed by atoms with Crippen molar-refractivity contribution >= 4 is 11.8 Å². The average Bonchev–Trinajstić information content (AvgIpc) is 2.52. The van der Waals surface area contributed by atoms with Crippen molar-refractivity contribution in [2.45, 2.75) is 19.4 Å². The Morgan fingerprint density at radius 2 is 2.33 bits per heavy atom. The molecule has 2 rings (SSSR count). The molecule has 1 atom stereocenters. The van der Waals surface area contributed by atoms with Gasteiger partial charge in [-0.15, -0.1) is 0 Å². The Balaban J connectivity index is 1.94. The van der Waals surface area contributed by atoms with E-state index < -0.39 is 0 Å². The predicted molar refractivity (Wildman–Crippen MR) is 78.8 cm³/mol. The molecule has 0 unspecified atom stereocenters. The van der Waals surface area contributed by atoms with Crippen molar-refractivity contribution in [3.8, 4) is 6.07 Å². The van der Waals surface area contributed by atoms with E-state index in [2.05, 4.69) is 32.5 Å². The molecule has 1 fully saturated rings. The van der Waals surface area contributed by atoms with E-state index in [-0.39, 0.29) is 12.0 Å². The SMILES string of the molecule is COC(=O)CCN1CCN(c2cccc(C#N)n2)[C@@H](C)C1. The van der Waals surface area contributed by atoms with Crippen molar-refractivity contribution in [2.75, 3.05) is 38.2 Å². The van der Waals surface area contributed by atoms with Crippen LogP contribution in [-0.4, -0.2) is 55.2 Å². The van der Waals surface area contributed by atoms with E-state index in [0.717, 1.165) is 32.0 Å². The maximum atomic E-state index is 11.2. The fourth-order valence-electron chi connectivity index (χ4n) is 2.57. The van der Waals surface area contributed by atoms with E-state index in [4.69, 9.17) is 5.26 Å². The topological polar surface area (TPSA) is 69.5 Å². The molecule has 0 N–H and O–H groups in total. The summed E-state index contributed by atoms with van der Waals surface area (Å²) in [6.07, 6.45) is 0.422. The standard InChI is InChI=1S/C15H20N4O2/c1-12-11-18(7-6-15(20)21-2)8-9-19(12)14-5-3-4-13(10-16)17-14/h3-5,12H,6-9,11H2,1-2H3/t12-/m0/s1. The Bertz CT molecular complexity index is 541. The zero-order valence-electron chi connectivity index (χ0n) is 12.5. The summed E-state index contributed by atoms with van der Waals surface area (Å²) in [6, 6.07) is 7.86. The third-order valence-corrected chi connectivity index (χ3v) is 3.71. The molecule has 0 radical (unpaired) electrons. The number of nitriles is 1. The summed E-state index contributed by atoms with van der Waals surface area (Å²) in [6.45, 7) is 5.43. The van der Waals surface area contributed by atoms with Crippen molar-refractivity contribution in [1.82, 2.24) is 9.88 Å². The second-order valence-electron chi connectivity index (χ2n) is 5.16. The first-order valence-electron chi connectivity index (χ1n) is 7.07. The van der Waals surface area contributed by atoms with Crippen LogP contribution in [0.2, 0.25) is 0 Å². The molecule has 112 valence electrons. The zero-order chi connectivity index (χ0) is 15.2. The van der Waals surface area contributed by atoms with E-state index >= 15 is 0 Å². The number of rotatable bonds is 4. The average molecular weight is 288 g/mol. The summed E-state index contributed by atoms with van der Waals surface area (Å²) in [5.41, 5.74) is 0.438. The lowest BCUT2D eigenvalue weighted by atomic mass is 10.1. The second kappa shape index (κ2) is 7.04. The van der Waals surface area contributed by atoms with Crippen LogP contribution >= 0.6 is 0 Å². The van der Waals surface area contributed by atoms with Crippen LogP contribution in [0.3, 0.4) is 0 Å². The van der Waals surface area contributed by atoms with Gasteiger partial charge in [-0.1, -0.05) is 6.07 Å². The highest BCUT2D eigenvalue weighted by molar-refractivity contribution is 5.69. The maximum absolute atomic E-state index is 11.2. The molecule has 1 aromatic rings. The number of anilines is 1. The number of aromatic nitrogens is 1. The first kappa shape index (κ1) is 15.3. The number of nitrogens with zero attached hydrogens (tertiary/aromatic N) is 4. The molecule has 6 nitrogen and oxygen atoms in total. The lowest BCUT2D eigenvalue weighted by Gasteiger charge is -2.40. The molecule has 6 heteroatoms. The fraction of sp³-hybridized carbons (Fsp3) is 0.533. The minimum absolute atomic E-state index is 0.173. The van der Waals surface area contributed by atoms with Crippen LogP contribution in [0.1, 0.15) is 19.0 Å². The van der Waals surface area contributed by atoms with Gasteiger partial charge in [0.2, 0.25) is 0 Å². The Hall–Kier alpha value is -2.13. The molecule has 21 heavy (non-hydrogen) atoms. The van der Waals surface area contributed by atoms with Crippen LogP contribution in [0.25, 0.3) is 0 Å². The Morgan fingerprint density at radius 1 is 1.52 bits per heavy atom. The van der Waals surface area contributed by atoms with E-state index in [1.807, 2.05) is 12.1 Å². The largest absolute Gasteiger partial charge is 0.469 e. The van der Waals surface area contributed by atoms with Gasteiger partial charge < -0.3 is 9.64 Å². The fourth-order valence-corrected chi connectivity index (χ4v) is 2.57. The molecule has 0 bridgehead atoms. The summed E-state index contributed by atoms with van der Waals surface area (Å²) in [5.74, 6) is 0.669. The van der Waals surface area contributed by atoms with Gasteiger partial charge in [-0.2, -0.15) is 5.26 Å². The molecular formula is C15H20N4O2. The van der Waals surface area contributed by atoms with Gasteiger partial charge in [0.15, 0.2) is 0 Å². The molecular weight excluding hydrogens is 268 g/mol. The molecule has 0 aliphatic carbocycles. The van der Waals surface area contributed by atoms with Gasteiger partial charge in [-0.05, 0) is 19.1 Å². The number of hydrogen-bond donors (Lipinski definition) is 0. The predicted octanol–water partition coefficient (Wildman–Crippen LogP) is 1.03. The van der Waals surface area contributed by atoms with E-state index in [1.165, 1.54) is 7.11 Å². The number of carbonyl (C=O) groups excluding carboxylic acids is 1. The number of piperazine rings is 1. The van der Waals surface area contributed by atoms with E-state index in [1.54, 1.807) is 6.07 Å². The number of carbonyl (C=O) groups is 1. The van der Waals surface area contributed by atoms with Gasteiger partial charge in [0, 0.05) is 32.2 Å². The molecule has 0 spiro atoms. The smallest absolute Gasteiger partial charge is 0.306 e. The summed E-state index contributed by atoms with van der Waals surface area (Å²) in [5, 5.41) is 8.93. The summed E-state index contributed by atoms with van der Waals surface area (Å²) < 4.78 is 4.67. The van der Waals surface area contributed by atoms with Gasteiger partial charge in [0.1, 0.15) is 17.6 Å². The quantitative estimate of drug-likeness (QED) is 0.771. The highest BCUT2D eigenvalue weighted by Crippen LogP contribution is 2.18. The number of hydrogen-bond acceptors (Lipinski definition) is 6. The molecule has 1 aliphatic rings. The summed E-state index contributed by atoms with van der Waals surface area (Å²) in [7, 11) is 1.41. The van der Waals surface area contributed by atoms with Gasteiger partial charge in [0.05, 0.1) is 13.5 Å². The third kappa shape index (κ3) is 3.92. The van der Waals surface area contributed by atoms with E-state index in [0.29, 0.717) is 12.1 Å². The molecule has 1 aliphatic heterocycles. The zero-order valence-corrected chi connectivity index (χ0v) is 12.5. The second-order valence-corrected chi connectivity index (χ2v) is 5.16. The molecule has 0 aromatic carbocycles. The number of ether oxygens (including phenoxy) is 1. The van der Waals surface area contributed by atoms with Gasteiger partial charge in [-0.25, -0.2) is 4.98 Å². The van der Waals surface area contributed by atoms with Crippen LogP contribution in [0.15, 0.2) is 18.2 Å². The van der Waals surface area contributed by atoms with Gasteiger partial charge >= 0.3 is 5.97 Å². The van der Waals surface area contributed by atoms with Crippen molar-refractivity contribution in [3.63, 3.8) is 0 Å². The van der Waals surface area contributed by atoms with Crippen LogP contribution in [-0.2, 0) is 9.53 Å². The van der Waals surface area contributed by atoms with Crippen LogP contribution in [0, 0.1) is 11.3 Å². The molecule has 2 heterocycles. The van der Waals surface area contributed by atoms with E-state index in [9.17, 15) is 4.79 Å². The van der Waals surface area contributed by atoms with Crippen LogP contribution < -0.4 is 4.90 Å². The van der Waals surface area contributed by atoms with Crippen LogP contribution in [0.4, 0.5) is 5.82 Å². The van der Waals surface area contributed by atoms with Crippen molar-refractivity contribution in [3.05, 3.63) is 23.9 Å². The van der Waals surface area contributed by atoms with Gasteiger partial charge in [-0.3, -0.25) is 9.69 Å². The normalized spacial score (nSPS) is 19.1. The number of esters is 1. The van der Waals surface area contributed by atoms with Gasteiger partial charge in [0.25, 0.3) is 0 Å². The lowest BCUT2D eigenvalue weighted by Crippen LogP contribution is -2.52. The minimum Gasteiger partial charge on any atom is -0.469 e. The molecule has 0 amide bonds. The molecule has 1 aromatic heterocycles. The van der Waals surface area contributed by atoms with Crippen molar-refractivity contribution in [2.24, 2.45) is 0 Å². The highest BCUT2D eigenvalue weighted by atomic mass is 16.5. The third-order valence-electron chi connectivity index (χ3n) is 3.71. The first-order chi connectivity index (χ1) is 10.1. The number of methoxy groups -OCH3 is 1. The highest BCUT2D eigenvalue weighted by Gasteiger charge is 2.25. The molecule has 1 saturated heterocycles. The number of pyridine rings is 1. The Morgan fingerprint density at radius 3 is 3.00 bits per heavy atom. The monoisotopic (exact) mass is 288 g/mol. The maximum Gasteiger partial charge on any atom is 0.306 e.